The Morgan fingerprint density at radius 1 is 1.11 bits per heavy atom. The molecule has 0 radical (unpaired) electrons. The van der Waals surface area contributed by atoms with Gasteiger partial charge in [-0.2, -0.15) is 24.9 Å². The van der Waals surface area contributed by atoms with Gasteiger partial charge in [0.1, 0.15) is 11.6 Å². The number of ether oxygens (including phenoxy) is 1. The summed E-state index contributed by atoms with van der Waals surface area (Å²) in [6, 6.07) is 6.49. The molecule has 0 aliphatic rings. The van der Waals surface area contributed by atoms with Gasteiger partial charge in [-0.25, -0.2) is 9.59 Å². The largest absolute Gasteiger partial charge is 0.480 e. The Balaban J connectivity index is 1.95. The van der Waals surface area contributed by atoms with Crippen LogP contribution in [0.4, 0.5) is 18.0 Å². The van der Waals surface area contributed by atoms with Crippen LogP contribution in [0.1, 0.15) is 45.2 Å². The lowest BCUT2D eigenvalue weighted by molar-refractivity contribution is -0.151. The standard InChI is InChI=1S/C24H27Cl2F3N2O4S/c1-23(2,3)35-22(34)31-20(21(32)33)9-11-36-10-8-17(24(27,28)29)19-7-4-14(13-30-19)16-6-5-15(25)12-18(16)26/h4-7,12-13,17,20H,8-11H2,1-3H3,(H,31,34)(H,32,33)/t17?,20-/m0/s1. The molecular formula is C24H27Cl2F3N2O4S. The molecule has 1 heterocycles. The fraction of sp³-hybridized carbons (Fsp3) is 0.458. The first kappa shape index (κ1) is 30.1. The van der Waals surface area contributed by atoms with Crippen LogP contribution in [-0.2, 0) is 9.53 Å². The number of alkyl halides is 3. The van der Waals surface area contributed by atoms with Crippen molar-refractivity contribution in [2.75, 3.05) is 11.5 Å². The maximum Gasteiger partial charge on any atom is 0.408 e. The van der Waals surface area contributed by atoms with E-state index in [4.69, 9.17) is 27.9 Å². The molecule has 6 nitrogen and oxygen atoms in total. The van der Waals surface area contributed by atoms with Crippen molar-refractivity contribution in [1.29, 1.82) is 0 Å². The van der Waals surface area contributed by atoms with Crippen molar-refractivity contribution in [3.63, 3.8) is 0 Å². The second-order valence-corrected chi connectivity index (χ2v) is 11.0. The molecule has 2 aromatic rings. The molecule has 0 fully saturated rings. The van der Waals surface area contributed by atoms with Gasteiger partial charge in [0.2, 0.25) is 0 Å². The lowest BCUT2D eigenvalue weighted by atomic mass is 9.99. The Kier molecular flexibility index (Phi) is 10.7. The lowest BCUT2D eigenvalue weighted by Gasteiger charge is -2.22. The third-order valence-electron chi connectivity index (χ3n) is 4.87. The predicted octanol–water partition coefficient (Wildman–Crippen LogP) is 7.19. The molecule has 1 aromatic carbocycles. The minimum atomic E-state index is -4.51. The molecule has 1 amide bonds. The second kappa shape index (κ2) is 12.9. The number of thioether (sulfide) groups is 1. The summed E-state index contributed by atoms with van der Waals surface area (Å²) in [6.07, 6.45) is -4.23. The van der Waals surface area contributed by atoms with Crippen LogP contribution >= 0.6 is 35.0 Å². The number of hydrogen-bond acceptors (Lipinski definition) is 5. The van der Waals surface area contributed by atoms with Gasteiger partial charge in [0, 0.05) is 27.4 Å². The number of pyridine rings is 1. The molecular weight excluding hydrogens is 540 g/mol. The van der Waals surface area contributed by atoms with E-state index < -0.39 is 35.8 Å². The Labute approximate surface area is 221 Å². The smallest absolute Gasteiger partial charge is 0.408 e. The van der Waals surface area contributed by atoms with E-state index in [9.17, 15) is 27.9 Å². The van der Waals surface area contributed by atoms with Crippen molar-refractivity contribution < 1.29 is 32.6 Å². The molecule has 1 aromatic heterocycles. The molecule has 1 unspecified atom stereocenters. The average molecular weight is 567 g/mol. The average Bonchev–Trinajstić information content (AvgIpc) is 2.73. The van der Waals surface area contributed by atoms with Crippen molar-refractivity contribution in [3.8, 4) is 11.1 Å². The van der Waals surface area contributed by atoms with E-state index in [1.807, 2.05) is 0 Å². The highest BCUT2D eigenvalue weighted by atomic mass is 35.5. The number of benzene rings is 1. The van der Waals surface area contributed by atoms with Crippen LogP contribution in [-0.4, -0.2) is 51.5 Å². The number of nitrogens with one attached hydrogen (secondary N) is 1. The number of carbonyl (C=O) groups is 2. The highest BCUT2D eigenvalue weighted by molar-refractivity contribution is 7.99. The van der Waals surface area contributed by atoms with Gasteiger partial charge in [0.15, 0.2) is 0 Å². The summed E-state index contributed by atoms with van der Waals surface area (Å²) in [6.45, 7) is 4.93. The third-order valence-corrected chi connectivity index (χ3v) is 6.47. The molecule has 0 saturated carbocycles. The van der Waals surface area contributed by atoms with Gasteiger partial charge in [-0.15, -0.1) is 0 Å². The summed E-state index contributed by atoms with van der Waals surface area (Å²) in [5.41, 5.74) is 0.258. The molecule has 0 aliphatic carbocycles. The topological polar surface area (TPSA) is 88.5 Å². The minimum absolute atomic E-state index is 0.0325. The fourth-order valence-electron chi connectivity index (χ4n) is 3.19. The lowest BCUT2D eigenvalue weighted by Crippen LogP contribution is -2.43. The van der Waals surface area contributed by atoms with Crippen molar-refractivity contribution in [3.05, 3.63) is 52.3 Å². The number of alkyl carbamates (subject to hydrolysis) is 1. The van der Waals surface area contributed by atoms with Crippen LogP contribution in [0, 0.1) is 0 Å². The number of carboxylic acid groups (broad SMARTS) is 1. The monoisotopic (exact) mass is 566 g/mol. The molecule has 2 atom stereocenters. The first-order chi connectivity index (χ1) is 16.7. The molecule has 36 heavy (non-hydrogen) atoms. The molecule has 0 bridgehead atoms. The van der Waals surface area contributed by atoms with Gasteiger partial charge >= 0.3 is 18.2 Å². The summed E-state index contributed by atoms with van der Waals surface area (Å²) < 4.78 is 46.3. The second-order valence-electron chi connectivity index (χ2n) is 8.92. The van der Waals surface area contributed by atoms with Crippen LogP contribution in [0.5, 0.6) is 0 Å². The van der Waals surface area contributed by atoms with E-state index in [2.05, 4.69) is 10.3 Å². The zero-order valence-electron chi connectivity index (χ0n) is 19.9. The number of amides is 1. The molecule has 0 saturated heterocycles. The Hall–Kier alpha value is -2.17. The van der Waals surface area contributed by atoms with Gasteiger partial charge < -0.3 is 15.2 Å². The van der Waals surface area contributed by atoms with Gasteiger partial charge in [-0.3, -0.25) is 4.98 Å². The molecule has 12 heteroatoms. The number of carbonyl (C=O) groups excluding carboxylic acids is 1. The predicted molar refractivity (Wildman–Crippen MR) is 136 cm³/mol. The molecule has 2 rings (SSSR count). The molecule has 0 aliphatic heterocycles. The van der Waals surface area contributed by atoms with E-state index in [1.165, 1.54) is 30.1 Å². The summed E-state index contributed by atoms with van der Waals surface area (Å²) >= 11 is 13.2. The summed E-state index contributed by atoms with van der Waals surface area (Å²) in [7, 11) is 0. The molecule has 0 spiro atoms. The van der Waals surface area contributed by atoms with E-state index >= 15 is 0 Å². The summed E-state index contributed by atoms with van der Waals surface area (Å²) in [5, 5.41) is 12.4. The number of nitrogens with zero attached hydrogens (tertiary/aromatic N) is 1. The first-order valence-corrected chi connectivity index (χ1v) is 12.9. The van der Waals surface area contributed by atoms with Crippen LogP contribution in [0.25, 0.3) is 11.1 Å². The summed E-state index contributed by atoms with van der Waals surface area (Å²) in [5.74, 6) is -2.68. The van der Waals surface area contributed by atoms with Gasteiger partial charge in [-0.1, -0.05) is 35.3 Å². The zero-order chi connectivity index (χ0) is 27.1. The first-order valence-electron chi connectivity index (χ1n) is 11.0. The number of halogens is 5. The quantitative estimate of drug-likeness (QED) is 0.296. The van der Waals surface area contributed by atoms with Crippen molar-refractivity contribution >= 4 is 47.0 Å². The van der Waals surface area contributed by atoms with Crippen LogP contribution in [0.2, 0.25) is 10.0 Å². The number of rotatable bonds is 10. The van der Waals surface area contributed by atoms with Crippen molar-refractivity contribution in [2.45, 2.75) is 57.3 Å². The van der Waals surface area contributed by atoms with Gasteiger partial charge in [-0.05, 0) is 63.3 Å². The number of aliphatic carboxylic acids is 1. The van der Waals surface area contributed by atoms with Crippen molar-refractivity contribution in [1.82, 2.24) is 10.3 Å². The normalized spacial score (nSPS) is 13.7. The van der Waals surface area contributed by atoms with Crippen molar-refractivity contribution in [2.24, 2.45) is 0 Å². The van der Waals surface area contributed by atoms with Crippen LogP contribution in [0.3, 0.4) is 0 Å². The minimum Gasteiger partial charge on any atom is -0.480 e. The van der Waals surface area contributed by atoms with Gasteiger partial charge in [0.25, 0.3) is 0 Å². The Morgan fingerprint density at radius 3 is 2.31 bits per heavy atom. The van der Waals surface area contributed by atoms with E-state index in [0.29, 0.717) is 21.2 Å². The SMILES string of the molecule is CC(C)(C)OC(=O)N[C@@H](CCSCCC(c1ccc(-c2ccc(Cl)cc2Cl)cn1)C(F)(F)F)C(=O)O. The van der Waals surface area contributed by atoms with E-state index in [0.717, 1.165) is 0 Å². The van der Waals surface area contributed by atoms with Crippen LogP contribution < -0.4 is 5.32 Å². The maximum atomic E-state index is 13.7. The number of carboxylic acids is 1. The highest BCUT2D eigenvalue weighted by Crippen LogP contribution is 2.38. The Morgan fingerprint density at radius 2 is 1.78 bits per heavy atom. The number of hydrogen-bond donors (Lipinski definition) is 2. The molecule has 198 valence electrons. The Bertz CT molecular complexity index is 1050. The zero-order valence-corrected chi connectivity index (χ0v) is 22.2. The fourth-order valence-corrected chi connectivity index (χ4v) is 4.71. The maximum absolute atomic E-state index is 13.7. The highest BCUT2D eigenvalue weighted by Gasteiger charge is 2.41. The summed E-state index contributed by atoms with van der Waals surface area (Å²) in [4.78, 5) is 27.3. The van der Waals surface area contributed by atoms with E-state index in [-0.39, 0.29) is 30.0 Å². The van der Waals surface area contributed by atoms with E-state index in [1.54, 1.807) is 39.0 Å². The number of aromatic nitrogens is 1. The van der Waals surface area contributed by atoms with Gasteiger partial charge in [0.05, 0.1) is 11.6 Å². The molecule has 2 N–H and O–H groups in total. The van der Waals surface area contributed by atoms with Crippen LogP contribution in [0.15, 0.2) is 36.5 Å². The third kappa shape index (κ3) is 9.71.